The van der Waals surface area contributed by atoms with Crippen LogP contribution in [0.25, 0.3) is 0 Å². The van der Waals surface area contributed by atoms with Crippen molar-refractivity contribution in [3.05, 3.63) is 48.5 Å². The van der Waals surface area contributed by atoms with Crippen molar-refractivity contribution >= 4 is 6.03 Å². The van der Waals surface area contributed by atoms with Crippen LogP contribution in [-0.4, -0.2) is 40.7 Å². The van der Waals surface area contributed by atoms with Crippen molar-refractivity contribution in [3.8, 4) is 5.75 Å². The van der Waals surface area contributed by atoms with E-state index in [9.17, 15) is 4.79 Å². The molecule has 23 heavy (non-hydrogen) atoms. The molecular weight excluding hydrogens is 292 g/mol. The van der Waals surface area contributed by atoms with Gasteiger partial charge in [0.1, 0.15) is 5.75 Å². The third kappa shape index (κ3) is 3.64. The minimum absolute atomic E-state index is 0.00423. The molecule has 1 aliphatic rings. The lowest BCUT2D eigenvalue weighted by Crippen LogP contribution is -2.40. The van der Waals surface area contributed by atoms with Gasteiger partial charge in [-0.1, -0.05) is 12.1 Å². The van der Waals surface area contributed by atoms with Gasteiger partial charge < -0.3 is 19.5 Å². The standard InChI is InChI=1S/C17H22N4O2/c1-23-15-5-2-4-14(12-15)16-6-3-9-21(16)17(22)19-8-11-20-10-7-18-13-20/h2,4-5,7,10,12-13,16H,3,6,8-9,11H2,1H3,(H,19,22)/t16-/m0/s1. The first-order valence-electron chi connectivity index (χ1n) is 7.92. The molecule has 0 spiro atoms. The van der Waals surface area contributed by atoms with E-state index in [0.29, 0.717) is 6.54 Å². The summed E-state index contributed by atoms with van der Waals surface area (Å²) in [5.41, 5.74) is 1.13. The molecule has 0 aliphatic carbocycles. The van der Waals surface area contributed by atoms with Gasteiger partial charge in [-0.2, -0.15) is 0 Å². The molecule has 2 heterocycles. The summed E-state index contributed by atoms with van der Waals surface area (Å²) in [5.74, 6) is 0.829. The highest BCUT2D eigenvalue weighted by Gasteiger charge is 2.29. The van der Waals surface area contributed by atoms with Crippen LogP contribution < -0.4 is 10.1 Å². The number of rotatable bonds is 5. The lowest BCUT2D eigenvalue weighted by atomic mass is 10.0. The van der Waals surface area contributed by atoms with Crippen LogP contribution in [0.15, 0.2) is 43.0 Å². The van der Waals surface area contributed by atoms with E-state index in [4.69, 9.17) is 4.74 Å². The first-order valence-corrected chi connectivity index (χ1v) is 7.92. The van der Waals surface area contributed by atoms with Gasteiger partial charge in [0.05, 0.1) is 19.5 Å². The number of ether oxygens (including phenoxy) is 1. The highest BCUT2D eigenvalue weighted by atomic mass is 16.5. The Morgan fingerprint density at radius 3 is 3.17 bits per heavy atom. The van der Waals surface area contributed by atoms with Gasteiger partial charge in [0, 0.05) is 32.0 Å². The largest absolute Gasteiger partial charge is 0.497 e. The molecule has 1 N–H and O–H groups in total. The van der Waals surface area contributed by atoms with E-state index in [1.54, 1.807) is 19.6 Å². The van der Waals surface area contributed by atoms with Gasteiger partial charge in [-0.3, -0.25) is 0 Å². The SMILES string of the molecule is COc1cccc([C@@H]2CCCN2C(=O)NCCn2ccnc2)c1. The maximum Gasteiger partial charge on any atom is 0.317 e. The van der Waals surface area contributed by atoms with Gasteiger partial charge in [0.25, 0.3) is 0 Å². The molecule has 0 saturated carbocycles. The van der Waals surface area contributed by atoms with E-state index in [-0.39, 0.29) is 12.1 Å². The minimum Gasteiger partial charge on any atom is -0.497 e. The number of urea groups is 1. The summed E-state index contributed by atoms with van der Waals surface area (Å²) in [6.07, 6.45) is 7.39. The zero-order chi connectivity index (χ0) is 16.1. The van der Waals surface area contributed by atoms with Crippen molar-refractivity contribution < 1.29 is 9.53 Å². The third-order valence-electron chi connectivity index (χ3n) is 4.20. The summed E-state index contributed by atoms with van der Waals surface area (Å²) < 4.78 is 7.24. The summed E-state index contributed by atoms with van der Waals surface area (Å²) in [7, 11) is 1.66. The van der Waals surface area contributed by atoms with Crippen LogP contribution in [-0.2, 0) is 6.54 Å². The van der Waals surface area contributed by atoms with E-state index in [1.807, 2.05) is 33.9 Å². The fourth-order valence-electron chi connectivity index (χ4n) is 3.02. The van der Waals surface area contributed by atoms with Crippen LogP contribution in [0.3, 0.4) is 0 Å². The number of likely N-dealkylation sites (tertiary alicyclic amines) is 1. The fourth-order valence-corrected chi connectivity index (χ4v) is 3.02. The predicted octanol–water partition coefficient (Wildman–Crippen LogP) is 2.44. The highest BCUT2D eigenvalue weighted by molar-refractivity contribution is 5.75. The zero-order valence-electron chi connectivity index (χ0n) is 13.3. The smallest absolute Gasteiger partial charge is 0.317 e. The molecule has 1 saturated heterocycles. The Balaban J connectivity index is 1.60. The lowest BCUT2D eigenvalue weighted by molar-refractivity contribution is 0.192. The molecule has 3 rings (SSSR count). The summed E-state index contributed by atoms with van der Waals surface area (Å²) in [6.45, 7) is 2.11. The average molecular weight is 314 g/mol. The Bertz CT molecular complexity index is 642. The molecule has 2 amide bonds. The van der Waals surface area contributed by atoms with E-state index in [0.717, 1.165) is 37.2 Å². The van der Waals surface area contributed by atoms with Crippen LogP contribution in [0.4, 0.5) is 4.79 Å². The molecule has 0 bridgehead atoms. The van der Waals surface area contributed by atoms with Crippen molar-refractivity contribution in [2.45, 2.75) is 25.4 Å². The monoisotopic (exact) mass is 314 g/mol. The normalized spacial score (nSPS) is 17.3. The Hall–Kier alpha value is -2.50. The second kappa shape index (κ2) is 7.17. The summed E-state index contributed by atoms with van der Waals surface area (Å²) in [5, 5.41) is 3.00. The Morgan fingerprint density at radius 1 is 1.48 bits per heavy atom. The Labute approximate surface area is 136 Å². The van der Waals surface area contributed by atoms with Crippen LogP contribution in [0, 0.1) is 0 Å². The number of hydrogen-bond donors (Lipinski definition) is 1. The molecule has 0 radical (unpaired) electrons. The third-order valence-corrected chi connectivity index (χ3v) is 4.20. The second-order valence-corrected chi connectivity index (χ2v) is 5.66. The van der Waals surface area contributed by atoms with Crippen molar-refractivity contribution in [2.24, 2.45) is 0 Å². The number of aromatic nitrogens is 2. The zero-order valence-corrected chi connectivity index (χ0v) is 13.3. The molecule has 1 aromatic heterocycles. The molecule has 1 aromatic carbocycles. The van der Waals surface area contributed by atoms with Crippen LogP contribution in [0.5, 0.6) is 5.75 Å². The molecule has 2 aromatic rings. The second-order valence-electron chi connectivity index (χ2n) is 5.66. The highest BCUT2D eigenvalue weighted by Crippen LogP contribution is 2.33. The van der Waals surface area contributed by atoms with Crippen molar-refractivity contribution in [1.29, 1.82) is 0 Å². The number of carbonyl (C=O) groups is 1. The van der Waals surface area contributed by atoms with Gasteiger partial charge in [-0.05, 0) is 30.5 Å². The first-order chi connectivity index (χ1) is 11.3. The van der Waals surface area contributed by atoms with Crippen LogP contribution in [0.2, 0.25) is 0 Å². The van der Waals surface area contributed by atoms with Gasteiger partial charge in [-0.25, -0.2) is 9.78 Å². The number of carbonyl (C=O) groups excluding carboxylic acids is 1. The van der Waals surface area contributed by atoms with Crippen molar-refractivity contribution in [3.63, 3.8) is 0 Å². The molecule has 1 fully saturated rings. The molecular formula is C17H22N4O2. The first kappa shape index (κ1) is 15.4. The van der Waals surface area contributed by atoms with Gasteiger partial charge in [0.2, 0.25) is 0 Å². The molecule has 1 atom stereocenters. The number of amides is 2. The Kier molecular flexibility index (Phi) is 4.80. The van der Waals surface area contributed by atoms with Crippen molar-refractivity contribution in [2.75, 3.05) is 20.2 Å². The van der Waals surface area contributed by atoms with Gasteiger partial charge in [-0.15, -0.1) is 0 Å². The fraction of sp³-hybridized carbons (Fsp3) is 0.412. The summed E-state index contributed by atoms with van der Waals surface area (Å²) in [4.78, 5) is 18.4. The van der Waals surface area contributed by atoms with E-state index >= 15 is 0 Å². The number of benzene rings is 1. The molecule has 0 unspecified atom stereocenters. The Morgan fingerprint density at radius 2 is 2.39 bits per heavy atom. The van der Waals surface area contributed by atoms with E-state index in [2.05, 4.69) is 16.4 Å². The average Bonchev–Trinajstić information content (AvgIpc) is 3.26. The maximum atomic E-state index is 12.5. The topological polar surface area (TPSA) is 59.4 Å². The van der Waals surface area contributed by atoms with Crippen molar-refractivity contribution in [1.82, 2.24) is 19.8 Å². The number of nitrogens with zero attached hydrogens (tertiary/aromatic N) is 3. The number of methoxy groups -OCH3 is 1. The molecule has 6 heteroatoms. The minimum atomic E-state index is -0.00423. The predicted molar refractivity (Wildman–Crippen MR) is 87.3 cm³/mol. The molecule has 122 valence electrons. The van der Waals surface area contributed by atoms with Gasteiger partial charge in [0.15, 0.2) is 0 Å². The summed E-state index contributed by atoms with van der Waals surface area (Å²) in [6, 6.07) is 8.09. The van der Waals surface area contributed by atoms with Crippen LogP contribution in [0.1, 0.15) is 24.4 Å². The number of nitrogens with one attached hydrogen (secondary N) is 1. The number of imidazole rings is 1. The lowest BCUT2D eigenvalue weighted by Gasteiger charge is -2.25. The van der Waals surface area contributed by atoms with Gasteiger partial charge >= 0.3 is 6.03 Å². The molecule has 1 aliphatic heterocycles. The summed E-state index contributed by atoms with van der Waals surface area (Å²) >= 11 is 0. The van der Waals surface area contributed by atoms with E-state index in [1.165, 1.54) is 0 Å². The van der Waals surface area contributed by atoms with Crippen LogP contribution >= 0.6 is 0 Å². The molecule has 6 nitrogen and oxygen atoms in total. The van der Waals surface area contributed by atoms with E-state index < -0.39 is 0 Å². The maximum absolute atomic E-state index is 12.5. The number of hydrogen-bond acceptors (Lipinski definition) is 3. The quantitative estimate of drug-likeness (QED) is 0.922.